The van der Waals surface area contributed by atoms with Gasteiger partial charge < -0.3 is 10.6 Å². The molecule has 0 aromatic carbocycles. The van der Waals surface area contributed by atoms with Gasteiger partial charge in [0.15, 0.2) is 6.29 Å². The summed E-state index contributed by atoms with van der Waals surface area (Å²) in [6.45, 7) is 0.738. The first-order valence-electron chi connectivity index (χ1n) is 3.80. The van der Waals surface area contributed by atoms with Crippen LogP contribution >= 0.6 is 0 Å². The van der Waals surface area contributed by atoms with E-state index in [4.69, 9.17) is 0 Å². The van der Waals surface area contributed by atoms with Crippen LogP contribution < -0.4 is 10.6 Å². The summed E-state index contributed by atoms with van der Waals surface area (Å²) in [5.74, 6) is 0. The van der Waals surface area contributed by atoms with Crippen LogP contribution in [0.5, 0.6) is 0 Å². The van der Waals surface area contributed by atoms with Crippen molar-refractivity contribution < 1.29 is 4.79 Å². The zero-order chi connectivity index (χ0) is 8.81. The molecule has 3 heteroatoms. The highest BCUT2D eigenvalue weighted by Crippen LogP contribution is 2.10. The summed E-state index contributed by atoms with van der Waals surface area (Å²) >= 11 is 0. The minimum absolute atomic E-state index is 0.732. The van der Waals surface area contributed by atoms with Crippen LogP contribution in [0.2, 0.25) is 0 Å². The summed E-state index contributed by atoms with van der Waals surface area (Å²) in [7, 11) is 1.83. The lowest BCUT2D eigenvalue weighted by molar-refractivity contribution is -0.104. The van der Waals surface area contributed by atoms with Gasteiger partial charge in [-0.15, -0.1) is 0 Å². The number of hydrogen-bond acceptors (Lipinski definition) is 3. The highest BCUT2D eigenvalue weighted by molar-refractivity contribution is 5.81. The Kier molecular flexibility index (Phi) is 3.14. The number of aldehydes is 1. The number of nitrogens with one attached hydrogen (secondary N) is 2. The molecule has 1 heterocycles. The van der Waals surface area contributed by atoms with Crippen LogP contribution in [0.4, 0.5) is 0 Å². The first-order valence-corrected chi connectivity index (χ1v) is 3.80. The molecule has 0 aliphatic carbocycles. The van der Waals surface area contributed by atoms with Gasteiger partial charge in [0, 0.05) is 25.4 Å². The second-order valence-electron chi connectivity index (χ2n) is 2.44. The highest BCUT2D eigenvalue weighted by atomic mass is 16.1. The van der Waals surface area contributed by atoms with E-state index in [0.29, 0.717) is 0 Å². The quantitative estimate of drug-likeness (QED) is 0.591. The van der Waals surface area contributed by atoms with E-state index in [1.54, 1.807) is 6.20 Å². The third kappa shape index (κ3) is 1.99. The minimum atomic E-state index is 0.732. The van der Waals surface area contributed by atoms with E-state index in [1.807, 2.05) is 25.4 Å². The third-order valence-electron chi connectivity index (χ3n) is 1.61. The molecular formula is C9H12N2O. The number of hydrogen-bond donors (Lipinski definition) is 2. The summed E-state index contributed by atoms with van der Waals surface area (Å²) in [6, 6.07) is 0. The zero-order valence-corrected chi connectivity index (χ0v) is 7.00. The Balaban J connectivity index is 2.63. The Bertz CT molecular complexity index is 251. The maximum absolute atomic E-state index is 10.5. The maximum atomic E-state index is 10.5. The molecule has 0 amide bonds. The zero-order valence-electron chi connectivity index (χ0n) is 7.00. The molecule has 2 N–H and O–H groups in total. The van der Waals surface area contributed by atoms with Crippen molar-refractivity contribution >= 4 is 6.29 Å². The number of rotatable bonds is 3. The molecule has 0 aromatic heterocycles. The van der Waals surface area contributed by atoms with E-state index in [9.17, 15) is 4.79 Å². The molecule has 0 atom stereocenters. The molecule has 0 saturated carbocycles. The molecule has 1 aliphatic rings. The van der Waals surface area contributed by atoms with Crippen molar-refractivity contribution in [3.63, 3.8) is 0 Å². The lowest BCUT2D eigenvalue weighted by atomic mass is 10.1. The van der Waals surface area contributed by atoms with Gasteiger partial charge in [-0.3, -0.25) is 4.79 Å². The van der Waals surface area contributed by atoms with Crippen LogP contribution in [0.3, 0.4) is 0 Å². The summed E-state index contributed by atoms with van der Waals surface area (Å²) in [4.78, 5) is 10.5. The predicted molar refractivity (Wildman–Crippen MR) is 48.4 cm³/mol. The predicted octanol–water partition coefficient (Wildman–Crippen LogP) is 0.332. The van der Waals surface area contributed by atoms with E-state index < -0.39 is 0 Å². The van der Waals surface area contributed by atoms with E-state index in [-0.39, 0.29) is 0 Å². The second kappa shape index (κ2) is 4.38. The Hall–Kier alpha value is -1.51. The molecule has 12 heavy (non-hydrogen) atoms. The van der Waals surface area contributed by atoms with Gasteiger partial charge in [0.25, 0.3) is 0 Å². The van der Waals surface area contributed by atoms with Crippen molar-refractivity contribution in [1.82, 2.24) is 10.6 Å². The summed E-state index contributed by atoms with van der Waals surface area (Å²) < 4.78 is 0. The Morgan fingerprint density at radius 2 is 2.50 bits per heavy atom. The van der Waals surface area contributed by atoms with Gasteiger partial charge in [-0.25, -0.2) is 0 Å². The summed E-state index contributed by atoms with van der Waals surface area (Å²) in [5.41, 5.74) is 1.76. The maximum Gasteiger partial charge on any atom is 0.151 e. The fraction of sp³-hybridized carbons (Fsp3) is 0.222. The molecule has 0 bridgehead atoms. The third-order valence-corrected chi connectivity index (χ3v) is 1.61. The van der Waals surface area contributed by atoms with Crippen LogP contribution in [0.15, 0.2) is 35.7 Å². The van der Waals surface area contributed by atoms with E-state index in [1.165, 1.54) is 0 Å². The molecule has 0 fully saturated rings. The monoisotopic (exact) mass is 164 g/mol. The van der Waals surface area contributed by atoms with E-state index >= 15 is 0 Å². The van der Waals surface area contributed by atoms with Crippen molar-refractivity contribution in [2.24, 2.45) is 0 Å². The van der Waals surface area contributed by atoms with Gasteiger partial charge in [0.1, 0.15) is 0 Å². The van der Waals surface area contributed by atoms with Crippen molar-refractivity contribution in [3.8, 4) is 0 Å². The molecule has 1 rings (SSSR count). The average molecular weight is 164 g/mol. The van der Waals surface area contributed by atoms with Crippen molar-refractivity contribution in [2.45, 2.75) is 0 Å². The normalized spacial score (nSPS) is 19.4. The van der Waals surface area contributed by atoms with Crippen LogP contribution in [0.25, 0.3) is 0 Å². The fourth-order valence-corrected chi connectivity index (χ4v) is 0.991. The van der Waals surface area contributed by atoms with Gasteiger partial charge in [-0.05, 0) is 17.8 Å². The van der Waals surface area contributed by atoms with Crippen molar-refractivity contribution in [1.29, 1.82) is 0 Å². The Morgan fingerprint density at radius 3 is 3.17 bits per heavy atom. The second-order valence-corrected chi connectivity index (χ2v) is 2.44. The van der Waals surface area contributed by atoms with Gasteiger partial charge in [-0.2, -0.15) is 0 Å². The van der Waals surface area contributed by atoms with Crippen molar-refractivity contribution in [2.75, 3.05) is 13.6 Å². The van der Waals surface area contributed by atoms with Gasteiger partial charge in [-0.1, -0.05) is 6.08 Å². The standard InChI is InChI=1S/C9H12N2O/c1-10-4-2-3-8-5-11-6-9(8)7-12/h2-4,6-7,10-11H,5H2,1H3/b4-2-,8-3+. The van der Waals surface area contributed by atoms with Gasteiger partial charge >= 0.3 is 0 Å². The minimum Gasteiger partial charge on any atom is -0.394 e. The largest absolute Gasteiger partial charge is 0.394 e. The fourth-order valence-electron chi connectivity index (χ4n) is 0.991. The molecule has 0 radical (unpaired) electrons. The number of carbonyl (C=O) groups excluding carboxylic acids is 1. The highest BCUT2D eigenvalue weighted by Gasteiger charge is 2.07. The van der Waals surface area contributed by atoms with E-state index in [0.717, 1.165) is 24.0 Å². The molecule has 0 spiro atoms. The first-order chi connectivity index (χ1) is 5.88. The van der Waals surface area contributed by atoms with E-state index in [2.05, 4.69) is 10.6 Å². The summed E-state index contributed by atoms with van der Waals surface area (Å²) in [5, 5.41) is 5.86. The van der Waals surface area contributed by atoms with Crippen LogP contribution in [0.1, 0.15) is 0 Å². The molecule has 1 aliphatic heterocycles. The summed E-state index contributed by atoms with van der Waals surface area (Å²) in [6.07, 6.45) is 8.19. The lowest BCUT2D eigenvalue weighted by Crippen LogP contribution is -2.00. The number of allylic oxidation sites excluding steroid dienone is 2. The molecule has 0 aromatic rings. The number of carbonyl (C=O) groups is 1. The van der Waals surface area contributed by atoms with Gasteiger partial charge in [0.2, 0.25) is 0 Å². The average Bonchev–Trinajstić information content (AvgIpc) is 2.52. The topological polar surface area (TPSA) is 41.1 Å². The van der Waals surface area contributed by atoms with Crippen LogP contribution in [0, 0.1) is 0 Å². The van der Waals surface area contributed by atoms with Crippen LogP contribution in [-0.4, -0.2) is 19.9 Å². The smallest absolute Gasteiger partial charge is 0.151 e. The Morgan fingerprint density at radius 1 is 1.67 bits per heavy atom. The first kappa shape index (κ1) is 8.59. The molecule has 64 valence electrons. The molecule has 0 saturated heterocycles. The molecule has 3 nitrogen and oxygen atoms in total. The SMILES string of the molecule is CN/C=C\C=C1/CNC=C1C=O. The van der Waals surface area contributed by atoms with Crippen molar-refractivity contribution in [3.05, 3.63) is 35.7 Å². The van der Waals surface area contributed by atoms with Crippen LogP contribution in [-0.2, 0) is 4.79 Å². The Labute approximate surface area is 71.8 Å². The lowest BCUT2D eigenvalue weighted by Gasteiger charge is -1.93. The molecular weight excluding hydrogens is 152 g/mol. The van der Waals surface area contributed by atoms with Gasteiger partial charge in [0.05, 0.1) is 0 Å². The molecule has 0 unspecified atom stereocenters.